The second-order valence-electron chi connectivity index (χ2n) is 4.83. The minimum absolute atomic E-state index is 0.243. The lowest BCUT2D eigenvalue weighted by Gasteiger charge is -2.25. The van der Waals surface area contributed by atoms with E-state index in [1.165, 1.54) is 0 Å². The average Bonchev–Trinajstić information content (AvgIpc) is 2.15. The molecule has 1 aliphatic rings. The highest BCUT2D eigenvalue weighted by atomic mass is 35.5. The summed E-state index contributed by atoms with van der Waals surface area (Å²) >= 11 is 6.07. The Kier molecular flexibility index (Phi) is 4.91. The van der Waals surface area contributed by atoms with Crippen molar-refractivity contribution in [2.24, 2.45) is 5.92 Å². The summed E-state index contributed by atoms with van der Waals surface area (Å²) in [5, 5.41) is 0.0263. The normalized spacial score (nSPS) is 28.3. The Morgan fingerprint density at radius 3 is 2.53 bits per heavy atom. The minimum atomic E-state index is -2.86. The van der Waals surface area contributed by atoms with Crippen molar-refractivity contribution in [1.82, 2.24) is 0 Å². The molecule has 0 N–H and O–H groups in total. The fourth-order valence-corrected chi connectivity index (χ4v) is 3.59. The first-order valence-corrected chi connectivity index (χ1v) is 7.92. The maximum atomic E-state index is 11.6. The minimum Gasteiger partial charge on any atom is -0.229 e. The number of halogens is 1. The molecule has 2 unspecified atom stereocenters. The first-order valence-electron chi connectivity index (χ1n) is 5.77. The molecule has 0 heterocycles. The zero-order chi connectivity index (χ0) is 11.5. The van der Waals surface area contributed by atoms with Crippen molar-refractivity contribution in [3.8, 4) is 0 Å². The van der Waals surface area contributed by atoms with Gasteiger partial charge in [0, 0.05) is 5.38 Å². The molecule has 0 radical (unpaired) electrons. The molecule has 0 aromatic heterocycles. The lowest BCUT2D eigenvalue weighted by atomic mass is 9.87. The number of sulfone groups is 1. The summed E-state index contributed by atoms with van der Waals surface area (Å²) in [5.74, 6) is 0.855. The summed E-state index contributed by atoms with van der Waals surface area (Å²) in [6.07, 6.45) is 5.19. The topological polar surface area (TPSA) is 34.1 Å². The number of alkyl halides is 1. The molecule has 0 bridgehead atoms. The van der Waals surface area contributed by atoms with Crippen LogP contribution in [-0.4, -0.2) is 24.8 Å². The Morgan fingerprint density at radius 1 is 1.33 bits per heavy atom. The summed E-state index contributed by atoms with van der Waals surface area (Å²) in [5.41, 5.74) is 0. The predicted octanol–water partition coefficient (Wildman–Crippen LogP) is 3.00. The van der Waals surface area contributed by atoms with E-state index in [1.807, 2.05) is 0 Å². The molecule has 1 aliphatic carbocycles. The highest BCUT2D eigenvalue weighted by molar-refractivity contribution is 7.91. The summed E-state index contributed by atoms with van der Waals surface area (Å²) < 4.78 is 23.2. The molecule has 0 aliphatic heterocycles. The van der Waals surface area contributed by atoms with Crippen LogP contribution < -0.4 is 0 Å². The van der Waals surface area contributed by atoms with Gasteiger partial charge in [-0.25, -0.2) is 8.42 Å². The monoisotopic (exact) mass is 252 g/mol. The standard InChI is InChI=1S/C11H21ClO2S/c1-9(2)15(13,14)7-6-10-4-3-5-11(12)8-10/h9-11H,3-8H2,1-2H3. The van der Waals surface area contributed by atoms with E-state index in [0.717, 1.165) is 32.1 Å². The molecule has 1 saturated carbocycles. The lowest BCUT2D eigenvalue weighted by Crippen LogP contribution is -2.22. The number of rotatable bonds is 4. The molecule has 1 rings (SSSR count). The van der Waals surface area contributed by atoms with E-state index in [1.54, 1.807) is 13.8 Å². The first kappa shape index (κ1) is 13.3. The second kappa shape index (κ2) is 5.53. The number of hydrogen-bond donors (Lipinski definition) is 0. The highest BCUT2D eigenvalue weighted by Crippen LogP contribution is 2.30. The maximum Gasteiger partial charge on any atom is 0.152 e. The van der Waals surface area contributed by atoms with Crippen LogP contribution in [0.5, 0.6) is 0 Å². The van der Waals surface area contributed by atoms with Crippen LogP contribution >= 0.6 is 11.6 Å². The fourth-order valence-electron chi connectivity index (χ4n) is 2.05. The van der Waals surface area contributed by atoms with Crippen molar-refractivity contribution in [2.45, 2.75) is 56.6 Å². The van der Waals surface area contributed by atoms with Crippen LogP contribution in [0.4, 0.5) is 0 Å². The molecular formula is C11H21ClO2S. The van der Waals surface area contributed by atoms with E-state index < -0.39 is 9.84 Å². The van der Waals surface area contributed by atoms with Gasteiger partial charge in [-0.2, -0.15) is 0 Å². The van der Waals surface area contributed by atoms with Gasteiger partial charge in [-0.05, 0) is 39.0 Å². The Morgan fingerprint density at radius 2 is 2.00 bits per heavy atom. The quantitative estimate of drug-likeness (QED) is 0.721. The second-order valence-corrected chi connectivity index (χ2v) is 8.13. The van der Waals surface area contributed by atoms with Crippen LogP contribution in [0.3, 0.4) is 0 Å². The molecule has 0 saturated heterocycles. The van der Waals surface area contributed by atoms with Gasteiger partial charge in [0.25, 0.3) is 0 Å². The predicted molar refractivity (Wildman–Crippen MR) is 65.1 cm³/mol. The van der Waals surface area contributed by atoms with Gasteiger partial charge in [0.1, 0.15) is 0 Å². The van der Waals surface area contributed by atoms with Gasteiger partial charge < -0.3 is 0 Å². The molecule has 2 nitrogen and oxygen atoms in total. The Labute approximate surface area is 98.3 Å². The third-order valence-electron chi connectivity index (χ3n) is 3.25. The van der Waals surface area contributed by atoms with Crippen LogP contribution in [0.25, 0.3) is 0 Å². The SMILES string of the molecule is CC(C)S(=O)(=O)CCC1CCCC(Cl)C1. The summed E-state index contributed by atoms with van der Waals surface area (Å²) in [6.45, 7) is 3.50. The van der Waals surface area contributed by atoms with Crippen molar-refractivity contribution >= 4 is 21.4 Å². The maximum absolute atomic E-state index is 11.6. The molecule has 15 heavy (non-hydrogen) atoms. The molecule has 4 heteroatoms. The van der Waals surface area contributed by atoms with Crippen molar-refractivity contribution in [1.29, 1.82) is 0 Å². The highest BCUT2D eigenvalue weighted by Gasteiger charge is 2.23. The van der Waals surface area contributed by atoms with Crippen LogP contribution in [0.2, 0.25) is 0 Å². The van der Waals surface area contributed by atoms with Crippen molar-refractivity contribution < 1.29 is 8.42 Å². The van der Waals surface area contributed by atoms with E-state index in [9.17, 15) is 8.42 Å². The van der Waals surface area contributed by atoms with Gasteiger partial charge in [-0.1, -0.05) is 12.8 Å². The molecule has 0 spiro atoms. The smallest absolute Gasteiger partial charge is 0.152 e. The van der Waals surface area contributed by atoms with Crippen LogP contribution in [0.15, 0.2) is 0 Å². The number of hydrogen-bond acceptors (Lipinski definition) is 2. The van der Waals surface area contributed by atoms with Crippen molar-refractivity contribution in [3.63, 3.8) is 0 Å². The van der Waals surface area contributed by atoms with Gasteiger partial charge in [0.15, 0.2) is 9.84 Å². The molecule has 0 aromatic rings. The largest absolute Gasteiger partial charge is 0.229 e. The lowest BCUT2D eigenvalue weighted by molar-refractivity contribution is 0.354. The van der Waals surface area contributed by atoms with E-state index in [2.05, 4.69) is 0 Å². The zero-order valence-electron chi connectivity index (χ0n) is 9.58. The van der Waals surface area contributed by atoms with E-state index in [4.69, 9.17) is 11.6 Å². The van der Waals surface area contributed by atoms with Gasteiger partial charge in [-0.15, -0.1) is 11.6 Å². The third kappa shape index (κ3) is 4.31. The summed E-state index contributed by atoms with van der Waals surface area (Å²) in [7, 11) is -2.86. The molecule has 2 atom stereocenters. The fraction of sp³-hybridized carbons (Fsp3) is 1.00. The van der Waals surface area contributed by atoms with Gasteiger partial charge >= 0.3 is 0 Å². The van der Waals surface area contributed by atoms with E-state index in [0.29, 0.717) is 11.7 Å². The average molecular weight is 253 g/mol. The zero-order valence-corrected chi connectivity index (χ0v) is 11.1. The molecule has 0 aromatic carbocycles. The van der Waals surface area contributed by atoms with Crippen LogP contribution in [-0.2, 0) is 9.84 Å². The van der Waals surface area contributed by atoms with E-state index in [-0.39, 0.29) is 10.6 Å². The van der Waals surface area contributed by atoms with Crippen LogP contribution in [0.1, 0.15) is 46.0 Å². The molecular weight excluding hydrogens is 232 g/mol. The van der Waals surface area contributed by atoms with Crippen LogP contribution in [0, 0.1) is 5.92 Å². The summed E-state index contributed by atoms with van der Waals surface area (Å²) in [6, 6.07) is 0. The first-order chi connectivity index (χ1) is 6.92. The van der Waals surface area contributed by atoms with Gasteiger partial charge in [0.05, 0.1) is 11.0 Å². The summed E-state index contributed by atoms with van der Waals surface area (Å²) in [4.78, 5) is 0. The van der Waals surface area contributed by atoms with E-state index >= 15 is 0 Å². The third-order valence-corrected chi connectivity index (χ3v) is 5.89. The van der Waals surface area contributed by atoms with Gasteiger partial charge in [-0.3, -0.25) is 0 Å². The van der Waals surface area contributed by atoms with Gasteiger partial charge in [0.2, 0.25) is 0 Å². The molecule has 1 fully saturated rings. The Balaban J connectivity index is 2.37. The Hall–Kier alpha value is 0.240. The molecule has 90 valence electrons. The Bertz CT molecular complexity index is 285. The van der Waals surface area contributed by atoms with Crippen molar-refractivity contribution in [2.75, 3.05) is 5.75 Å². The molecule has 0 amide bonds. The van der Waals surface area contributed by atoms with Crippen molar-refractivity contribution in [3.05, 3.63) is 0 Å².